The number of fused-ring (bicyclic) bond motifs is 2. The Bertz CT molecular complexity index is 945. The van der Waals surface area contributed by atoms with Gasteiger partial charge in [-0.05, 0) is 30.5 Å². The molecule has 0 unspecified atom stereocenters. The van der Waals surface area contributed by atoms with Gasteiger partial charge in [0, 0.05) is 18.8 Å². The topological polar surface area (TPSA) is 127 Å². The molecule has 160 valence electrons. The lowest BCUT2D eigenvalue weighted by Crippen LogP contribution is -2.72. The van der Waals surface area contributed by atoms with Crippen LogP contribution < -0.4 is 0 Å². The van der Waals surface area contributed by atoms with E-state index in [0.717, 1.165) is 38.5 Å². The quantitative estimate of drug-likeness (QED) is 0.690. The van der Waals surface area contributed by atoms with Gasteiger partial charge in [-0.15, -0.1) is 0 Å². The van der Waals surface area contributed by atoms with Crippen molar-refractivity contribution < 1.29 is 9.47 Å². The molecule has 1 aliphatic carbocycles. The number of nitriles is 3. The van der Waals surface area contributed by atoms with Gasteiger partial charge in [0.15, 0.2) is 10.8 Å². The third-order valence-corrected chi connectivity index (χ3v) is 7.33. The van der Waals surface area contributed by atoms with Crippen molar-refractivity contribution in [1.82, 2.24) is 4.98 Å². The van der Waals surface area contributed by atoms with E-state index in [4.69, 9.17) is 14.9 Å². The highest BCUT2D eigenvalue weighted by molar-refractivity contribution is 5.88. The molecule has 7 nitrogen and oxygen atoms in total. The zero-order valence-electron chi connectivity index (χ0n) is 17.6. The van der Waals surface area contributed by atoms with Gasteiger partial charge in [-0.25, -0.2) is 0 Å². The SMILES string of the molecule is N#CC1(C#N)[C@H]2CCCCCCCCCC[C@]23OC(=N)[C@@]1(C#N)[C@H](c1ccncc1)O3. The Morgan fingerprint density at radius 3 is 2.13 bits per heavy atom. The molecule has 4 atom stereocenters. The Morgan fingerprint density at radius 1 is 0.903 bits per heavy atom. The molecule has 2 bridgehead atoms. The minimum absolute atomic E-state index is 0.325. The van der Waals surface area contributed by atoms with E-state index in [1.54, 1.807) is 24.5 Å². The number of nitrogens with one attached hydrogen (secondary N) is 1. The molecule has 1 aromatic heterocycles. The summed E-state index contributed by atoms with van der Waals surface area (Å²) in [4.78, 5) is 4.04. The number of nitrogens with zero attached hydrogens (tertiary/aromatic N) is 4. The lowest BCUT2D eigenvalue weighted by Gasteiger charge is -2.62. The summed E-state index contributed by atoms with van der Waals surface area (Å²) in [5.41, 5.74) is -2.93. The van der Waals surface area contributed by atoms with Crippen molar-refractivity contribution in [2.24, 2.45) is 16.7 Å². The second-order valence-electron chi connectivity index (χ2n) is 8.89. The average molecular weight is 418 g/mol. The standard InChI is InChI=1S/C24H27N5O2/c25-15-22(16-26)19-9-7-5-3-1-2-4-6-8-12-24(19)30-20(18-10-13-29-14-11-18)23(22,17-27)21(28)31-24/h10-11,13-14,19-20,28H,1-9,12H2/t19-,20+,23-,24+/m1/s1. The van der Waals surface area contributed by atoms with Crippen LogP contribution in [0, 0.1) is 56.2 Å². The summed E-state index contributed by atoms with van der Waals surface area (Å²) < 4.78 is 12.7. The van der Waals surface area contributed by atoms with E-state index in [9.17, 15) is 15.8 Å². The van der Waals surface area contributed by atoms with Crippen molar-refractivity contribution in [3.8, 4) is 18.2 Å². The van der Waals surface area contributed by atoms with E-state index in [1.807, 2.05) is 0 Å². The molecule has 1 aromatic rings. The maximum Gasteiger partial charge on any atom is 0.218 e. The fourth-order valence-corrected chi connectivity index (χ4v) is 5.74. The van der Waals surface area contributed by atoms with Crippen LogP contribution in [0.1, 0.15) is 75.9 Å². The second kappa shape index (κ2) is 8.29. The van der Waals surface area contributed by atoms with Gasteiger partial charge in [0.05, 0.1) is 24.1 Å². The van der Waals surface area contributed by atoms with E-state index < -0.39 is 28.6 Å². The zero-order valence-corrected chi connectivity index (χ0v) is 17.6. The minimum atomic E-state index is -1.83. The van der Waals surface area contributed by atoms with Crippen LogP contribution in [-0.4, -0.2) is 16.7 Å². The summed E-state index contributed by atoms with van der Waals surface area (Å²) in [6.45, 7) is 0. The van der Waals surface area contributed by atoms with Crippen molar-refractivity contribution in [2.75, 3.05) is 0 Å². The lowest BCUT2D eigenvalue weighted by molar-refractivity contribution is -0.355. The summed E-state index contributed by atoms with van der Waals surface area (Å²) in [6.07, 6.45) is 11.6. The third-order valence-electron chi connectivity index (χ3n) is 7.33. The molecule has 31 heavy (non-hydrogen) atoms. The van der Waals surface area contributed by atoms with Crippen LogP contribution in [0.4, 0.5) is 0 Å². The maximum absolute atomic E-state index is 10.4. The lowest BCUT2D eigenvalue weighted by atomic mass is 9.49. The molecule has 0 aromatic carbocycles. The van der Waals surface area contributed by atoms with Crippen LogP contribution >= 0.6 is 0 Å². The molecule has 4 fully saturated rings. The summed E-state index contributed by atoms with van der Waals surface area (Å²) in [5, 5.41) is 40.0. The van der Waals surface area contributed by atoms with Crippen molar-refractivity contribution in [3.63, 3.8) is 0 Å². The zero-order chi connectivity index (χ0) is 22.0. The predicted octanol–water partition coefficient (Wildman–Crippen LogP) is 4.93. The second-order valence-corrected chi connectivity index (χ2v) is 8.89. The molecular weight excluding hydrogens is 390 g/mol. The fraction of sp³-hybridized carbons (Fsp3) is 0.625. The molecule has 0 radical (unpaired) electrons. The predicted molar refractivity (Wildman–Crippen MR) is 111 cm³/mol. The first kappa shape index (κ1) is 21.3. The Balaban J connectivity index is 1.89. The van der Waals surface area contributed by atoms with Crippen LogP contribution in [0.2, 0.25) is 0 Å². The van der Waals surface area contributed by atoms with Gasteiger partial charge >= 0.3 is 0 Å². The Kier molecular flexibility index (Phi) is 5.69. The first-order chi connectivity index (χ1) is 15.1. The monoisotopic (exact) mass is 417 g/mol. The van der Waals surface area contributed by atoms with Crippen LogP contribution in [0.3, 0.4) is 0 Å². The number of pyridine rings is 1. The van der Waals surface area contributed by atoms with Crippen LogP contribution in [0.5, 0.6) is 0 Å². The highest BCUT2D eigenvalue weighted by atomic mass is 16.7. The summed E-state index contributed by atoms with van der Waals surface area (Å²) in [7, 11) is 0. The molecule has 5 rings (SSSR count). The number of hydrogen-bond acceptors (Lipinski definition) is 7. The van der Waals surface area contributed by atoms with E-state index in [0.29, 0.717) is 18.4 Å². The molecular formula is C24H27N5O2. The van der Waals surface area contributed by atoms with Crippen LogP contribution in [-0.2, 0) is 9.47 Å². The number of aromatic nitrogens is 1. The molecule has 3 aliphatic heterocycles. The van der Waals surface area contributed by atoms with Gasteiger partial charge in [-0.3, -0.25) is 10.4 Å². The molecule has 4 aliphatic rings. The van der Waals surface area contributed by atoms with Crippen LogP contribution in [0.15, 0.2) is 24.5 Å². The molecule has 1 spiro atoms. The van der Waals surface area contributed by atoms with Crippen molar-refractivity contribution in [2.45, 2.75) is 76.1 Å². The summed E-state index contributed by atoms with van der Waals surface area (Å²) in [6, 6.07) is 10.1. The molecule has 1 N–H and O–H groups in total. The molecule has 0 amide bonds. The molecule has 7 heteroatoms. The molecule has 1 saturated carbocycles. The van der Waals surface area contributed by atoms with Gasteiger partial charge in [0.2, 0.25) is 11.7 Å². The maximum atomic E-state index is 10.4. The van der Waals surface area contributed by atoms with Crippen LogP contribution in [0.25, 0.3) is 0 Å². The largest absolute Gasteiger partial charge is 0.447 e. The summed E-state index contributed by atoms with van der Waals surface area (Å²) in [5.74, 6) is -2.18. The first-order valence-corrected chi connectivity index (χ1v) is 11.2. The fourth-order valence-electron chi connectivity index (χ4n) is 5.74. The Hall–Kier alpha value is -2.95. The van der Waals surface area contributed by atoms with Gasteiger partial charge in [-0.1, -0.05) is 44.9 Å². The minimum Gasteiger partial charge on any atom is -0.447 e. The highest BCUT2D eigenvalue weighted by Crippen LogP contribution is 2.68. The van der Waals surface area contributed by atoms with Gasteiger partial charge in [0.25, 0.3) is 0 Å². The van der Waals surface area contributed by atoms with E-state index >= 15 is 0 Å². The Morgan fingerprint density at radius 2 is 1.52 bits per heavy atom. The van der Waals surface area contributed by atoms with Crippen molar-refractivity contribution in [3.05, 3.63) is 30.1 Å². The van der Waals surface area contributed by atoms with Gasteiger partial charge < -0.3 is 9.47 Å². The molecule has 3 saturated heterocycles. The van der Waals surface area contributed by atoms with E-state index in [1.165, 1.54) is 12.8 Å². The Labute approximate surface area is 183 Å². The summed E-state index contributed by atoms with van der Waals surface area (Å²) >= 11 is 0. The number of ether oxygens (including phenoxy) is 2. The average Bonchev–Trinajstić information content (AvgIpc) is 2.80. The van der Waals surface area contributed by atoms with E-state index in [-0.39, 0.29) is 5.90 Å². The third kappa shape index (κ3) is 3.01. The highest BCUT2D eigenvalue weighted by Gasteiger charge is 2.79. The smallest absolute Gasteiger partial charge is 0.218 e. The molecule has 4 heterocycles. The number of rotatable bonds is 1. The number of hydrogen-bond donors (Lipinski definition) is 1. The van der Waals surface area contributed by atoms with E-state index in [2.05, 4.69) is 23.2 Å². The van der Waals surface area contributed by atoms with Gasteiger partial charge in [0.1, 0.15) is 6.10 Å². The van der Waals surface area contributed by atoms with Crippen molar-refractivity contribution in [1.29, 1.82) is 21.2 Å². The normalized spacial score (nSPS) is 35.1. The van der Waals surface area contributed by atoms with Gasteiger partial charge in [-0.2, -0.15) is 15.8 Å². The van der Waals surface area contributed by atoms with Crippen molar-refractivity contribution >= 4 is 5.90 Å². The first-order valence-electron chi connectivity index (χ1n) is 11.2.